The van der Waals surface area contributed by atoms with Crippen LogP contribution in [-0.2, 0) is 40.0 Å². The molecule has 4 aromatic carbocycles. The predicted octanol–water partition coefficient (Wildman–Crippen LogP) is 8.84. The van der Waals surface area contributed by atoms with Crippen LogP contribution in [0.4, 0.5) is 0 Å². The molecule has 47 heavy (non-hydrogen) atoms. The summed E-state index contributed by atoms with van der Waals surface area (Å²) in [5, 5.41) is 3.79. The van der Waals surface area contributed by atoms with Gasteiger partial charge in [0, 0.05) is 18.7 Å². The number of ether oxygens (including phenoxy) is 3. The Morgan fingerprint density at radius 3 is 1.81 bits per heavy atom. The molecule has 0 spiro atoms. The van der Waals surface area contributed by atoms with Crippen molar-refractivity contribution in [2.24, 2.45) is 0 Å². The number of hydrogen-bond donors (Lipinski definition) is 1. The molecular formula is C40H51NO5Si. The molecule has 250 valence electrons. The number of methoxy groups -OCH3 is 1. The van der Waals surface area contributed by atoms with E-state index in [1.165, 1.54) is 12.7 Å². The van der Waals surface area contributed by atoms with Crippen LogP contribution in [0.5, 0.6) is 11.5 Å². The quantitative estimate of drug-likeness (QED) is 0.0963. The number of rotatable bonds is 16. The van der Waals surface area contributed by atoms with Crippen LogP contribution < -0.4 is 14.8 Å². The van der Waals surface area contributed by atoms with Gasteiger partial charge in [-0.1, -0.05) is 106 Å². The van der Waals surface area contributed by atoms with Crippen LogP contribution in [0.25, 0.3) is 0 Å². The molecule has 7 heteroatoms. The summed E-state index contributed by atoms with van der Waals surface area (Å²) in [5.41, 5.74) is 5.34. The van der Waals surface area contributed by atoms with Crippen LogP contribution in [0.15, 0.2) is 103 Å². The summed E-state index contributed by atoms with van der Waals surface area (Å²) in [7, 11) is -0.746. The Morgan fingerprint density at radius 1 is 0.745 bits per heavy atom. The Morgan fingerprint density at radius 2 is 1.28 bits per heavy atom. The summed E-state index contributed by atoms with van der Waals surface area (Å²) in [6.45, 7) is 15.1. The van der Waals surface area contributed by atoms with Crippen LogP contribution in [-0.4, -0.2) is 34.0 Å². The van der Waals surface area contributed by atoms with Gasteiger partial charge in [0.2, 0.25) is 0 Å². The van der Waals surface area contributed by atoms with E-state index in [1.54, 1.807) is 0 Å². The smallest absolute Gasteiger partial charge is 0.309 e. The van der Waals surface area contributed by atoms with E-state index in [1.807, 2.05) is 54.6 Å². The van der Waals surface area contributed by atoms with Crippen molar-refractivity contribution < 1.29 is 23.4 Å². The standard InChI is InChI=1S/C40H51NO5Si/c1-30(21-33-19-14-20-34(22-33)23-39(42)43-5)41-27-38(46-47(6,7)40(2,3)4)35-24-36(44-28-31-15-10-8-11-16-31)26-37(25-35)45-29-32-17-12-9-13-18-32/h8-20,22,24-26,30,38,41H,21,23,27-29H2,1-7H3. The third-order valence-electron chi connectivity index (χ3n) is 8.78. The topological polar surface area (TPSA) is 66.0 Å². The van der Waals surface area contributed by atoms with E-state index in [0.29, 0.717) is 19.8 Å². The van der Waals surface area contributed by atoms with Gasteiger partial charge in [-0.2, -0.15) is 0 Å². The fourth-order valence-corrected chi connectivity index (χ4v) is 6.31. The van der Waals surface area contributed by atoms with Crippen molar-refractivity contribution in [2.45, 2.75) is 84.0 Å². The predicted molar refractivity (Wildman–Crippen MR) is 192 cm³/mol. The number of hydrogen-bond acceptors (Lipinski definition) is 6. The van der Waals surface area contributed by atoms with Crippen molar-refractivity contribution in [3.8, 4) is 11.5 Å². The second-order valence-corrected chi connectivity index (χ2v) is 18.5. The highest BCUT2D eigenvalue weighted by molar-refractivity contribution is 6.74. The summed E-state index contributed by atoms with van der Waals surface area (Å²) in [6, 6.07) is 34.9. The normalized spacial score (nSPS) is 13.1. The Hall–Kier alpha value is -3.91. The van der Waals surface area contributed by atoms with Crippen molar-refractivity contribution >= 4 is 14.3 Å². The average Bonchev–Trinajstić information content (AvgIpc) is 3.05. The lowest BCUT2D eigenvalue weighted by atomic mass is 10.0. The highest BCUT2D eigenvalue weighted by Crippen LogP contribution is 2.40. The minimum absolute atomic E-state index is 0.0327. The second kappa shape index (κ2) is 16.8. The maximum atomic E-state index is 11.8. The van der Waals surface area contributed by atoms with Crippen molar-refractivity contribution in [1.29, 1.82) is 0 Å². The van der Waals surface area contributed by atoms with Gasteiger partial charge in [-0.05, 0) is 71.4 Å². The molecule has 0 aromatic heterocycles. The van der Waals surface area contributed by atoms with E-state index in [2.05, 4.69) is 94.6 Å². The van der Waals surface area contributed by atoms with Crippen LogP contribution in [0.3, 0.4) is 0 Å². The molecular weight excluding hydrogens is 603 g/mol. The van der Waals surface area contributed by atoms with Crippen LogP contribution >= 0.6 is 0 Å². The minimum Gasteiger partial charge on any atom is -0.489 e. The monoisotopic (exact) mass is 653 g/mol. The molecule has 0 aliphatic heterocycles. The molecule has 2 atom stereocenters. The number of benzene rings is 4. The largest absolute Gasteiger partial charge is 0.489 e. The summed E-state index contributed by atoms with van der Waals surface area (Å²) in [6.07, 6.45) is 0.864. The average molecular weight is 654 g/mol. The number of nitrogens with one attached hydrogen (secondary N) is 1. The van der Waals surface area contributed by atoms with Crippen LogP contribution in [0.1, 0.15) is 61.6 Å². The van der Waals surface area contributed by atoms with Crippen molar-refractivity contribution in [2.75, 3.05) is 13.7 Å². The molecule has 0 radical (unpaired) electrons. The molecule has 0 saturated carbocycles. The molecule has 0 saturated heterocycles. The Kier molecular flexibility index (Phi) is 12.8. The summed E-state index contributed by atoms with van der Waals surface area (Å²) in [4.78, 5) is 11.8. The highest BCUT2D eigenvalue weighted by atomic mass is 28.4. The number of carbonyl (C=O) groups is 1. The van der Waals surface area contributed by atoms with E-state index < -0.39 is 8.32 Å². The van der Waals surface area contributed by atoms with Gasteiger partial charge < -0.3 is 24.0 Å². The van der Waals surface area contributed by atoms with Gasteiger partial charge in [-0.15, -0.1) is 0 Å². The first-order valence-electron chi connectivity index (χ1n) is 16.5. The lowest BCUT2D eigenvalue weighted by molar-refractivity contribution is -0.139. The highest BCUT2D eigenvalue weighted by Gasteiger charge is 2.39. The van der Waals surface area contributed by atoms with E-state index in [-0.39, 0.29) is 29.6 Å². The molecule has 0 aliphatic rings. The summed E-state index contributed by atoms with van der Waals surface area (Å²) < 4.78 is 24.7. The molecule has 0 heterocycles. The van der Waals surface area contributed by atoms with E-state index >= 15 is 0 Å². The van der Waals surface area contributed by atoms with Gasteiger partial charge in [-0.3, -0.25) is 4.79 Å². The van der Waals surface area contributed by atoms with Crippen LogP contribution in [0.2, 0.25) is 18.1 Å². The Bertz CT molecular complexity index is 1490. The van der Waals surface area contributed by atoms with Gasteiger partial charge in [0.05, 0.1) is 19.6 Å². The molecule has 0 fully saturated rings. The molecule has 4 rings (SSSR count). The molecule has 4 aromatic rings. The van der Waals surface area contributed by atoms with Gasteiger partial charge in [0.15, 0.2) is 8.32 Å². The lowest BCUT2D eigenvalue weighted by Gasteiger charge is -2.40. The zero-order chi connectivity index (χ0) is 33.9. The van der Waals surface area contributed by atoms with E-state index in [0.717, 1.165) is 40.2 Å². The summed E-state index contributed by atoms with van der Waals surface area (Å²) >= 11 is 0. The number of esters is 1. The zero-order valence-corrected chi connectivity index (χ0v) is 30.0. The number of carbonyl (C=O) groups excluding carboxylic acids is 1. The second-order valence-electron chi connectivity index (χ2n) is 13.7. The van der Waals surface area contributed by atoms with Crippen molar-refractivity contribution in [1.82, 2.24) is 5.32 Å². The third-order valence-corrected chi connectivity index (χ3v) is 13.3. The van der Waals surface area contributed by atoms with Crippen molar-refractivity contribution in [3.63, 3.8) is 0 Å². The molecule has 0 bridgehead atoms. The van der Waals surface area contributed by atoms with Crippen molar-refractivity contribution in [3.05, 3.63) is 131 Å². The Labute approximate surface area is 282 Å². The van der Waals surface area contributed by atoms with Gasteiger partial charge >= 0.3 is 5.97 Å². The molecule has 2 unspecified atom stereocenters. The first kappa shape index (κ1) is 35.9. The van der Waals surface area contributed by atoms with Gasteiger partial charge in [-0.25, -0.2) is 0 Å². The SMILES string of the molecule is COC(=O)Cc1cccc(CC(C)NCC(O[Si](C)(C)C(C)(C)C)c2cc(OCc3ccccc3)cc(OCc3ccccc3)c2)c1. The fourth-order valence-electron chi connectivity index (χ4n) is 5.03. The Balaban J connectivity index is 1.58. The van der Waals surface area contributed by atoms with Gasteiger partial charge in [0.25, 0.3) is 0 Å². The van der Waals surface area contributed by atoms with Crippen LogP contribution in [0, 0.1) is 0 Å². The molecule has 0 amide bonds. The van der Waals surface area contributed by atoms with E-state index in [4.69, 9.17) is 18.6 Å². The lowest BCUT2D eigenvalue weighted by Crippen LogP contribution is -2.44. The first-order chi connectivity index (χ1) is 22.4. The van der Waals surface area contributed by atoms with E-state index in [9.17, 15) is 4.79 Å². The minimum atomic E-state index is -2.17. The third kappa shape index (κ3) is 11.4. The molecule has 0 aliphatic carbocycles. The molecule has 6 nitrogen and oxygen atoms in total. The maximum Gasteiger partial charge on any atom is 0.309 e. The summed E-state index contributed by atoms with van der Waals surface area (Å²) in [5.74, 6) is 1.25. The maximum absolute atomic E-state index is 11.8. The zero-order valence-electron chi connectivity index (χ0n) is 29.0. The first-order valence-corrected chi connectivity index (χ1v) is 19.4. The molecule has 1 N–H and O–H groups in total. The van der Waals surface area contributed by atoms with Gasteiger partial charge in [0.1, 0.15) is 24.7 Å². The fraction of sp³-hybridized carbons (Fsp3) is 0.375.